The molecule has 132 valence electrons. The van der Waals surface area contributed by atoms with Gasteiger partial charge in [0.25, 0.3) is 0 Å². The number of benzene rings is 2. The van der Waals surface area contributed by atoms with Crippen molar-refractivity contribution < 1.29 is 14.3 Å². The Morgan fingerprint density at radius 1 is 1.00 bits per heavy atom. The standard InChI is InChI=1S/C19H23N3O3/c1-14(23)21-16-6-4-7-17(12-16)22-19(24)13-20-10-9-15-5-3-8-18(11-15)25-2/h3-8,11-12,20H,9-10,13H2,1-2H3,(H,21,23)(H,22,24). The van der Waals surface area contributed by atoms with Gasteiger partial charge in [-0.15, -0.1) is 0 Å². The fourth-order valence-electron chi connectivity index (χ4n) is 2.35. The zero-order valence-corrected chi connectivity index (χ0v) is 14.5. The molecule has 6 heteroatoms. The fourth-order valence-corrected chi connectivity index (χ4v) is 2.35. The Kier molecular flexibility index (Phi) is 6.98. The summed E-state index contributed by atoms with van der Waals surface area (Å²) in [6.45, 7) is 2.35. The summed E-state index contributed by atoms with van der Waals surface area (Å²) >= 11 is 0. The zero-order chi connectivity index (χ0) is 18.1. The molecule has 0 aromatic heterocycles. The topological polar surface area (TPSA) is 79.5 Å². The average molecular weight is 341 g/mol. The molecule has 2 aromatic carbocycles. The van der Waals surface area contributed by atoms with Crippen LogP contribution in [0.5, 0.6) is 5.75 Å². The second-order valence-corrected chi connectivity index (χ2v) is 5.59. The molecule has 0 aliphatic heterocycles. The Morgan fingerprint density at radius 3 is 2.44 bits per heavy atom. The molecule has 0 radical (unpaired) electrons. The second kappa shape index (κ2) is 9.44. The van der Waals surface area contributed by atoms with E-state index in [0.29, 0.717) is 17.9 Å². The van der Waals surface area contributed by atoms with Crippen LogP contribution < -0.4 is 20.7 Å². The molecule has 2 rings (SSSR count). The molecule has 0 fully saturated rings. The van der Waals surface area contributed by atoms with E-state index in [4.69, 9.17) is 4.74 Å². The van der Waals surface area contributed by atoms with Crippen LogP contribution in [0.2, 0.25) is 0 Å². The number of nitrogens with one attached hydrogen (secondary N) is 3. The van der Waals surface area contributed by atoms with Crippen LogP contribution in [-0.4, -0.2) is 32.0 Å². The minimum Gasteiger partial charge on any atom is -0.497 e. The molecular formula is C19H23N3O3. The summed E-state index contributed by atoms with van der Waals surface area (Å²) in [6.07, 6.45) is 0.808. The molecule has 0 saturated heterocycles. The van der Waals surface area contributed by atoms with Crippen LogP contribution in [0.25, 0.3) is 0 Å². The average Bonchev–Trinajstić information content (AvgIpc) is 2.58. The van der Waals surface area contributed by atoms with Gasteiger partial charge < -0.3 is 20.7 Å². The molecule has 0 aliphatic carbocycles. The summed E-state index contributed by atoms with van der Waals surface area (Å²) in [7, 11) is 1.64. The number of amides is 2. The van der Waals surface area contributed by atoms with Crippen molar-refractivity contribution in [2.45, 2.75) is 13.3 Å². The van der Waals surface area contributed by atoms with Gasteiger partial charge in [-0.25, -0.2) is 0 Å². The van der Waals surface area contributed by atoms with Crippen molar-refractivity contribution in [2.75, 3.05) is 30.8 Å². The van der Waals surface area contributed by atoms with Gasteiger partial charge in [-0.05, 0) is 48.9 Å². The minimum atomic E-state index is -0.150. The molecule has 6 nitrogen and oxygen atoms in total. The first-order valence-corrected chi connectivity index (χ1v) is 8.08. The number of ether oxygens (including phenoxy) is 1. The lowest BCUT2D eigenvalue weighted by molar-refractivity contribution is -0.115. The number of hydrogen-bond donors (Lipinski definition) is 3. The van der Waals surface area contributed by atoms with Crippen LogP contribution in [-0.2, 0) is 16.0 Å². The van der Waals surface area contributed by atoms with Gasteiger partial charge in [0, 0.05) is 18.3 Å². The number of carbonyl (C=O) groups is 2. The first-order valence-electron chi connectivity index (χ1n) is 8.08. The van der Waals surface area contributed by atoms with E-state index in [1.165, 1.54) is 6.92 Å². The van der Waals surface area contributed by atoms with Gasteiger partial charge in [-0.2, -0.15) is 0 Å². The number of anilines is 2. The first kappa shape index (κ1) is 18.5. The van der Waals surface area contributed by atoms with Gasteiger partial charge >= 0.3 is 0 Å². The van der Waals surface area contributed by atoms with Crippen LogP contribution in [0.1, 0.15) is 12.5 Å². The summed E-state index contributed by atoms with van der Waals surface area (Å²) in [6, 6.07) is 14.9. The van der Waals surface area contributed by atoms with Crippen LogP contribution in [0, 0.1) is 0 Å². The summed E-state index contributed by atoms with van der Waals surface area (Å²) in [5.41, 5.74) is 2.44. The highest BCUT2D eigenvalue weighted by atomic mass is 16.5. The van der Waals surface area contributed by atoms with E-state index in [9.17, 15) is 9.59 Å². The van der Waals surface area contributed by atoms with Gasteiger partial charge in [-0.3, -0.25) is 9.59 Å². The highest BCUT2D eigenvalue weighted by Gasteiger charge is 2.04. The molecule has 0 aliphatic rings. The molecule has 0 spiro atoms. The molecule has 2 amide bonds. The Balaban J connectivity index is 1.74. The third-order valence-electron chi connectivity index (χ3n) is 3.48. The predicted octanol–water partition coefficient (Wildman–Crippen LogP) is 2.42. The van der Waals surface area contributed by atoms with E-state index in [-0.39, 0.29) is 18.4 Å². The van der Waals surface area contributed by atoms with Crippen molar-refractivity contribution in [2.24, 2.45) is 0 Å². The van der Waals surface area contributed by atoms with Crippen molar-refractivity contribution >= 4 is 23.2 Å². The molecule has 2 aromatic rings. The van der Waals surface area contributed by atoms with Crippen LogP contribution >= 0.6 is 0 Å². The van der Waals surface area contributed by atoms with Crippen molar-refractivity contribution in [1.29, 1.82) is 0 Å². The zero-order valence-electron chi connectivity index (χ0n) is 14.5. The highest BCUT2D eigenvalue weighted by molar-refractivity contribution is 5.94. The molecule has 0 saturated carbocycles. The lowest BCUT2D eigenvalue weighted by atomic mass is 10.1. The summed E-state index contributed by atoms with van der Waals surface area (Å²) in [5, 5.41) is 8.60. The number of methoxy groups -OCH3 is 1. The van der Waals surface area contributed by atoms with Crippen LogP contribution in [0.3, 0.4) is 0 Å². The van der Waals surface area contributed by atoms with Crippen molar-refractivity contribution in [3.63, 3.8) is 0 Å². The summed E-state index contributed by atoms with van der Waals surface area (Å²) in [4.78, 5) is 23.0. The van der Waals surface area contributed by atoms with E-state index >= 15 is 0 Å². The summed E-state index contributed by atoms with van der Waals surface area (Å²) < 4.78 is 5.19. The van der Waals surface area contributed by atoms with Crippen molar-refractivity contribution in [1.82, 2.24) is 5.32 Å². The second-order valence-electron chi connectivity index (χ2n) is 5.59. The van der Waals surface area contributed by atoms with E-state index in [1.54, 1.807) is 31.4 Å². The number of carbonyl (C=O) groups excluding carboxylic acids is 2. The minimum absolute atomic E-state index is 0.134. The quantitative estimate of drug-likeness (QED) is 0.644. The molecule has 0 heterocycles. The summed E-state index contributed by atoms with van der Waals surface area (Å²) in [5.74, 6) is 0.544. The lowest BCUT2D eigenvalue weighted by Crippen LogP contribution is -2.29. The fraction of sp³-hybridized carbons (Fsp3) is 0.263. The lowest BCUT2D eigenvalue weighted by Gasteiger charge is -2.09. The van der Waals surface area contributed by atoms with Gasteiger partial charge in [-0.1, -0.05) is 18.2 Å². The molecule has 0 atom stereocenters. The van der Waals surface area contributed by atoms with Crippen LogP contribution in [0.15, 0.2) is 48.5 Å². The first-order chi connectivity index (χ1) is 12.1. The molecular weight excluding hydrogens is 318 g/mol. The number of rotatable bonds is 8. The maximum atomic E-state index is 12.0. The van der Waals surface area contributed by atoms with Crippen molar-refractivity contribution in [3.8, 4) is 5.75 Å². The monoisotopic (exact) mass is 341 g/mol. The maximum Gasteiger partial charge on any atom is 0.238 e. The number of hydrogen-bond acceptors (Lipinski definition) is 4. The molecule has 0 bridgehead atoms. The van der Waals surface area contributed by atoms with E-state index in [0.717, 1.165) is 17.7 Å². The van der Waals surface area contributed by atoms with E-state index < -0.39 is 0 Å². The molecule has 25 heavy (non-hydrogen) atoms. The Hall–Kier alpha value is -2.86. The van der Waals surface area contributed by atoms with Gasteiger partial charge in [0.2, 0.25) is 11.8 Å². The van der Waals surface area contributed by atoms with Gasteiger partial charge in [0.1, 0.15) is 5.75 Å². The van der Waals surface area contributed by atoms with Gasteiger partial charge in [0.05, 0.1) is 13.7 Å². The van der Waals surface area contributed by atoms with Crippen molar-refractivity contribution in [3.05, 3.63) is 54.1 Å². The Morgan fingerprint density at radius 2 is 1.72 bits per heavy atom. The SMILES string of the molecule is COc1cccc(CCNCC(=O)Nc2cccc(NC(C)=O)c2)c1. The predicted molar refractivity (Wildman–Crippen MR) is 98.9 cm³/mol. The maximum absolute atomic E-state index is 12.0. The Labute approximate surface area is 147 Å². The van der Waals surface area contributed by atoms with E-state index in [2.05, 4.69) is 16.0 Å². The largest absolute Gasteiger partial charge is 0.497 e. The Bertz CT molecular complexity index is 731. The van der Waals surface area contributed by atoms with E-state index in [1.807, 2.05) is 24.3 Å². The van der Waals surface area contributed by atoms with Gasteiger partial charge in [0.15, 0.2) is 0 Å². The van der Waals surface area contributed by atoms with Crippen LogP contribution in [0.4, 0.5) is 11.4 Å². The highest BCUT2D eigenvalue weighted by Crippen LogP contribution is 2.15. The normalized spacial score (nSPS) is 10.2. The smallest absolute Gasteiger partial charge is 0.238 e. The third kappa shape index (κ3) is 6.64. The molecule has 3 N–H and O–H groups in total. The molecule has 0 unspecified atom stereocenters. The third-order valence-corrected chi connectivity index (χ3v) is 3.48.